The van der Waals surface area contributed by atoms with Crippen LogP contribution in [0.25, 0.3) is 66.1 Å². The molecule has 0 bridgehead atoms. The summed E-state index contributed by atoms with van der Waals surface area (Å²) in [5.41, 5.74) is 11.8. The van der Waals surface area contributed by atoms with Gasteiger partial charge in [0, 0.05) is 73.6 Å². The third-order valence-electron chi connectivity index (χ3n) is 10.5. The van der Waals surface area contributed by atoms with Gasteiger partial charge in [-0.2, -0.15) is 5.26 Å². The average molecular weight is 772 g/mol. The maximum Gasteiger partial charge on any atom is 0.175 e. The van der Waals surface area contributed by atoms with E-state index in [9.17, 15) is 8.42 Å². The molecule has 3 heterocycles. The Bertz CT molecular complexity index is 3280. The maximum absolute atomic E-state index is 12.6. The number of pyridine rings is 1. The number of nitrogens with one attached hydrogen (secondary N) is 1. The molecule has 0 aliphatic carbocycles. The van der Waals surface area contributed by atoms with Crippen LogP contribution in [-0.4, -0.2) is 28.8 Å². The van der Waals surface area contributed by atoms with Crippen LogP contribution in [0, 0.1) is 18.3 Å². The van der Waals surface area contributed by atoms with Crippen molar-refractivity contribution in [2.45, 2.75) is 11.8 Å². The van der Waals surface area contributed by atoms with Crippen LogP contribution in [0.2, 0.25) is 0 Å². The highest BCUT2D eigenvalue weighted by Crippen LogP contribution is 2.47. The quantitative estimate of drug-likeness (QED) is 0.182. The molecule has 0 aliphatic heterocycles. The number of fused-ring (bicyclic) bond motifs is 7. The Balaban J connectivity index is 0.000000489. The first-order chi connectivity index (χ1) is 28.3. The fraction of sp³-hybridized carbons (Fsp3) is 0.0400. The number of benzene rings is 7. The van der Waals surface area contributed by atoms with Crippen LogP contribution in [0.5, 0.6) is 0 Å². The van der Waals surface area contributed by atoms with Crippen molar-refractivity contribution in [2.24, 2.45) is 0 Å². The normalized spacial score (nSPS) is 11.4. The Labute approximate surface area is 336 Å². The first-order valence-corrected chi connectivity index (χ1v) is 20.8. The van der Waals surface area contributed by atoms with Gasteiger partial charge in [-0.3, -0.25) is 4.98 Å². The number of hydrogen-bond donors (Lipinski definition) is 1. The smallest absolute Gasteiger partial charge is 0.175 e. The van der Waals surface area contributed by atoms with Crippen LogP contribution in [-0.2, 0) is 9.84 Å². The molecule has 0 aliphatic rings. The lowest BCUT2D eigenvalue weighted by Crippen LogP contribution is -2.02. The molecule has 0 fully saturated rings. The van der Waals surface area contributed by atoms with Crippen molar-refractivity contribution in [3.63, 3.8) is 0 Å². The van der Waals surface area contributed by atoms with Crippen molar-refractivity contribution in [3.8, 4) is 28.6 Å². The summed E-state index contributed by atoms with van der Waals surface area (Å²) >= 11 is 0. The second-order valence-electron chi connectivity index (χ2n) is 14.1. The third kappa shape index (κ3) is 6.43. The maximum atomic E-state index is 12.6. The van der Waals surface area contributed by atoms with Crippen molar-refractivity contribution in [2.75, 3.05) is 11.6 Å². The molecule has 10 rings (SSSR count). The summed E-state index contributed by atoms with van der Waals surface area (Å²) < 4.78 is 29.8. The van der Waals surface area contributed by atoms with E-state index in [1.54, 1.807) is 24.3 Å². The first-order valence-electron chi connectivity index (χ1n) is 18.9. The van der Waals surface area contributed by atoms with Crippen molar-refractivity contribution >= 4 is 64.8 Å². The summed E-state index contributed by atoms with van der Waals surface area (Å²) in [6, 6.07) is 60.5. The lowest BCUT2D eigenvalue weighted by molar-refractivity contribution is 0.602. The number of rotatable bonds is 6. The highest BCUT2D eigenvalue weighted by atomic mass is 32.2. The van der Waals surface area contributed by atoms with Gasteiger partial charge in [-0.05, 0) is 91.9 Å². The Morgan fingerprint density at radius 3 is 1.88 bits per heavy atom. The van der Waals surface area contributed by atoms with Crippen LogP contribution in [0.3, 0.4) is 0 Å². The van der Waals surface area contributed by atoms with Gasteiger partial charge in [0.2, 0.25) is 0 Å². The average Bonchev–Trinajstić information content (AvgIpc) is 3.78. The van der Waals surface area contributed by atoms with Gasteiger partial charge in [-0.1, -0.05) is 91.0 Å². The molecule has 280 valence electrons. The van der Waals surface area contributed by atoms with Crippen LogP contribution in [0.1, 0.15) is 11.3 Å². The molecule has 0 spiro atoms. The van der Waals surface area contributed by atoms with E-state index >= 15 is 0 Å². The Hall–Kier alpha value is -7.47. The van der Waals surface area contributed by atoms with Gasteiger partial charge in [0.15, 0.2) is 9.84 Å². The SMILES string of the molecule is Cc1ncccc1-c1c(Nc2ccccc2)ccc2c3ccc4c(c5ccccc5n4-c4ccccc4)c3n(-c3ccc(S(C)(=O)=O)cc3)c12.N#Cc1ccccc1. The Kier molecular flexibility index (Phi) is 9.29. The topological polar surface area (TPSA) is 92.7 Å². The van der Waals surface area contributed by atoms with Gasteiger partial charge in [-0.25, -0.2) is 8.42 Å². The number of aromatic nitrogens is 3. The van der Waals surface area contributed by atoms with E-state index in [2.05, 4.69) is 105 Å². The molecule has 0 saturated heterocycles. The molecule has 0 unspecified atom stereocenters. The van der Waals surface area contributed by atoms with E-state index < -0.39 is 9.84 Å². The zero-order valence-electron chi connectivity index (χ0n) is 31.8. The summed E-state index contributed by atoms with van der Waals surface area (Å²) in [5.74, 6) is 0. The van der Waals surface area contributed by atoms with Gasteiger partial charge < -0.3 is 14.5 Å². The van der Waals surface area contributed by atoms with Crippen molar-refractivity contribution in [3.05, 3.63) is 193 Å². The molecule has 58 heavy (non-hydrogen) atoms. The largest absolute Gasteiger partial charge is 0.355 e. The minimum Gasteiger partial charge on any atom is -0.355 e. The highest BCUT2D eigenvalue weighted by molar-refractivity contribution is 7.90. The summed E-state index contributed by atoms with van der Waals surface area (Å²) in [6.45, 7) is 2.04. The first kappa shape index (κ1) is 36.2. The standard InChI is InChI=1S/C43H32N4O2S.C7H5N/c1-28-33(17-11-27-44-28)40-37(45-29-12-5-3-6-13-29)25-23-34-35-24-26-39-41(36-16-9-10-18-38(36)46(39)30-14-7-4-8-15-30)43(35)47(42(34)40)31-19-21-32(22-20-31)50(2,48)49;8-6-7-4-2-1-3-5-7/h3-27,45H,1-2H3;1-5H. The van der Waals surface area contributed by atoms with Gasteiger partial charge in [0.25, 0.3) is 0 Å². The highest BCUT2D eigenvalue weighted by Gasteiger charge is 2.25. The molecule has 7 nitrogen and oxygen atoms in total. The predicted octanol–water partition coefficient (Wildman–Crippen LogP) is 12.0. The number of anilines is 2. The predicted molar refractivity (Wildman–Crippen MR) is 237 cm³/mol. The molecule has 3 aromatic heterocycles. The zero-order chi connectivity index (χ0) is 39.8. The lowest BCUT2D eigenvalue weighted by Gasteiger charge is -2.18. The van der Waals surface area contributed by atoms with E-state index in [-0.39, 0.29) is 4.90 Å². The van der Waals surface area contributed by atoms with E-state index in [0.717, 1.165) is 83.2 Å². The molecule has 0 radical (unpaired) electrons. The van der Waals surface area contributed by atoms with E-state index in [1.807, 2.05) is 79.9 Å². The molecule has 8 heteroatoms. The number of nitrogens with zero attached hydrogens (tertiary/aromatic N) is 4. The van der Waals surface area contributed by atoms with Crippen molar-refractivity contribution < 1.29 is 8.42 Å². The number of hydrogen-bond acceptors (Lipinski definition) is 5. The van der Waals surface area contributed by atoms with E-state index in [4.69, 9.17) is 10.2 Å². The molecule has 10 aromatic rings. The number of nitriles is 1. The van der Waals surface area contributed by atoms with Crippen LogP contribution < -0.4 is 5.32 Å². The minimum atomic E-state index is -3.39. The van der Waals surface area contributed by atoms with E-state index in [1.165, 1.54) is 6.26 Å². The zero-order valence-corrected chi connectivity index (χ0v) is 32.7. The van der Waals surface area contributed by atoms with Crippen LogP contribution in [0.4, 0.5) is 11.4 Å². The summed E-state index contributed by atoms with van der Waals surface area (Å²) in [4.78, 5) is 5.01. The van der Waals surface area contributed by atoms with Crippen molar-refractivity contribution in [1.82, 2.24) is 14.1 Å². The Morgan fingerprint density at radius 2 is 1.21 bits per heavy atom. The minimum absolute atomic E-state index is 0.280. The summed E-state index contributed by atoms with van der Waals surface area (Å²) in [6.07, 6.45) is 3.07. The second-order valence-corrected chi connectivity index (χ2v) is 16.2. The number of sulfone groups is 1. The molecule has 0 amide bonds. The summed E-state index contributed by atoms with van der Waals surface area (Å²) in [5, 5.41) is 16.4. The van der Waals surface area contributed by atoms with Gasteiger partial charge in [0.1, 0.15) is 0 Å². The monoisotopic (exact) mass is 771 g/mol. The van der Waals surface area contributed by atoms with Crippen molar-refractivity contribution in [1.29, 1.82) is 5.26 Å². The third-order valence-corrected chi connectivity index (χ3v) is 11.6. The van der Waals surface area contributed by atoms with Crippen LogP contribution in [0.15, 0.2) is 187 Å². The summed E-state index contributed by atoms with van der Waals surface area (Å²) in [7, 11) is -3.39. The Morgan fingerprint density at radius 1 is 0.586 bits per heavy atom. The van der Waals surface area contributed by atoms with Gasteiger partial charge in [-0.15, -0.1) is 0 Å². The molecule has 0 saturated carbocycles. The van der Waals surface area contributed by atoms with Gasteiger partial charge >= 0.3 is 0 Å². The van der Waals surface area contributed by atoms with E-state index in [0.29, 0.717) is 5.56 Å². The molecule has 0 atom stereocenters. The molecule has 7 aromatic carbocycles. The molecular weight excluding hydrogens is 735 g/mol. The molecular formula is C50H37N5O2S. The number of para-hydroxylation sites is 3. The van der Waals surface area contributed by atoms with Gasteiger partial charge in [0.05, 0.1) is 38.6 Å². The lowest BCUT2D eigenvalue weighted by atomic mass is 9.98. The number of aryl methyl sites for hydroxylation is 1. The fourth-order valence-corrected chi connectivity index (χ4v) is 8.55. The van der Waals surface area contributed by atoms with Crippen LogP contribution >= 0.6 is 0 Å². The second kappa shape index (κ2) is 14.9. The fourth-order valence-electron chi connectivity index (χ4n) is 7.92. The molecule has 1 N–H and O–H groups in total.